The topological polar surface area (TPSA) is 73.1 Å². The van der Waals surface area contributed by atoms with Crippen LogP contribution in [0, 0.1) is 12.8 Å². The molecule has 1 saturated heterocycles. The van der Waals surface area contributed by atoms with Crippen LogP contribution in [0.4, 0.5) is 0 Å². The van der Waals surface area contributed by atoms with Gasteiger partial charge >= 0.3 is 0 Å². The van der Waals surface area contributed by atoms with Gasteiger partial charge in [0.2, 0.25) is 0 Å². The van der Waals surface area contributed by atoms with Crippen LogP contribution >= 0.6 is 0 Å². The van der Waals surface area contributed by atoms with Crippen molar-refractivity contribution in [1.82, 2.24) is 19.9 Å². The Morgan fingerprint density at radius 1 is 1.33 bits per heavy atom. The molecular formula is C17H30N4O3. The van der Waals surface area contributed by atoms with E-state index in [4.69, 9.17) is 4.52 Å². The lowest BCUT2D eigenvalue weighted by Gasteiger charge is -2.23. The Balaban J connectivity index is 2.19. The van der Waals surface area contributed by atoms with Crippen LogP contribution in [0.1, 0.15) is 35.7 Å². The highest BCUT2D eigenvalue weighted by molar-refractivity contribution is 5.94. The van der Waals surface area contributed by atoms with E-state index in [-0.39, 0.29) is 24.5 Å². The molecule has 0 saturated carbocycles. The van der Waals surface area contributed by atoms with E-state index in [1.54, 1.807) is 4.90 Å². The van der Waals surface area contributed by atoms with E-state index in [0.29, 0.717) is 31.1 Å². The van der Waals surface area contributed by atoms with Crippen LogP contribution in [-0.2, 0) is 6.54 Å². The highest BCUT2D eigenvalue weighted by Crippen LogP contribution is 2.24. The summed E-state index contributed by atoms with van der Waals surface area (Å²) in [7, 11) is 3.96. The molecule has 1 N–H and O–H groups in total. The summed E-state index contributed by atoms with van der Waals surface area (Å²) in [5.41, 5.74) is 1.29. The van der Waals surface area contributed by atoms with Gasteiger partial charge in [0, 0.05) is 43.8 Å². The van der Waals surface area contributed by atoms with Crippen LogP contribution in [0.25, 0.3) is 0 Å². The summed E-state index contributed by atoms with van der Waals surface area (Å²) >= 11 is 0. The summed E-state index contributed by atoms with van der Waals surface area (Å²) < 4.78 is 5.31. The van der Waals surface area contributed by atoms with Crippen molar-refractivity contribution in [2.45, 2.75) is 33.4 Å². The maximum atomic E-state index is 13.0. The molecule has 1 aliphatic heterocycles. The predicted octanol–water partition coefficient (Wildman–Crippen LogP) is 0.819. The van der Waals surface area contributed by atoms with Crippen molar-refractivity contribution in [1.29, 1.82) is 0 Å². The Morgan fingerprint density at radius 3 is 2.50 bits per heavy atom. The summed E-state index contributed by atoms with van der Waals surface area (Å²) in [6.45, 7) is 9.77. The van der Waals surface area contributed by atoms with Crippen molar-refractivity contribution in [2.24, 2.45) is 5.92 Å². The fourth-order valence-electron chi connectivity index (χ4n) is 3.35. The van der Waals surface area contributed by atoms with Crippen molar-refractivity contribution in [2.75, 3.05) is 46.9 Å². The van der Waals surface area contributed by atoms with E-state index in [9.17, 15) is 9.90 Å². The number of nitrogens with zero attached hydrogens (tertiary/aromatic N) is 4. The van der Waals surface area contributed by atoms with Crippen LogP contribution < -0.4 is 0 Å². The SMILES string of the molecule is CCN(CC)Cc1c(C(=O)N2C[C@@H](CO)[C@H](N(C)C)C2)noc1C. The zero-order valence-corrected chi connectivity index (χ0v) is 15.4. The second-order valence-electron chi connectivity index (χ2n) is 6.71. The van der Waals surface area contributed by atoms with E-state index in [0.717, 1.165) is 18.7 Å². The highest BCUT2D eigenvalue weighted by atomic mass is 16.5. The van der Waals surface area contributed by atoms with Gasteiger partial charge in [-0.2, -0.15) is 0 Å². The first-order valence-corrected chi connectivity index (χ1v) is 8.66. The zero-order valence-electron chi connectivity index (χ0n) is 15.4. The smallest absolute Gasteiger partial charge is 0.276 e. The fourth-order valence-corrected chi connectivity index (χ4v) is 3.35. The van der Waals surface area contributed by atoms with E-state index in [2.05, 4.69) is 28.8 Å². The van der Waals surface area contributed by atoms with Gasteiger partial charge in [0.15, 0.2) is 5.69 Å². The quantitative estimate of drug-likeness (QED) is 0.793. The second-order valence-corrected chi connectivity index (χ2v) is 6.71. The average Bonchev–Trinajstić information content (AvgIpc) is 3.16. The number of likely N-dealkylation sites (tertiary alicyclic amines) is 1. The number of amides is 1. The molecule has 1 aromatic rings. The third-order valence-corrected chi connectivity index (χ3v) is 5.05. The van der Waals surface area contributed by atoms with Gasteiger partial charge in [-0.25, -0.2) is 0 Å². The second kappa shape index (κ2) is 8.09. The number of hydrogen-bond donors (Lipinski definition) is 1. The number of likely N-dealkylation sites (N-methyl/N-ethyl adjacent to an activating group) is 1. The molecular weight excluding hydrogens is 308 g/mol. The highest BCUT2D eigenvalue weighted by Gasteiger charge is 2.38. The normalized spacial score (nSPS) is 21.2. The maximum absolute atomic E-state index is 13.0. The van der Waals surface area contributed by atoms with Crippen molar-refractivity contribution in [3.05, 3.63) is 17.0 Å². The summed E-state index contributed by atoms with van der Waals surface area (Å²) in [5.74, 6) is 0.673. The van der Waals surface area contributed by atoms with Gasteiger partial charge in [-0.05, 0) is 34.1 Å². The Hall–Kier alpha value is -1.44. The van der Waals surface area contributed by atoms with Gasteiger partial charge in [-0.15, -0.1) is 0 Å². The summed E-state index contributed by atoms with van der Waals surface area (Å²) in [6, 6.07) is 0.165. The molecule has 0 radical (unpaired) electrons. The summed E-state index contributed by atoms with van der Waals surface area (Å²) in [6.07, 6.45) is 0. The first-order chi connectivity index (χ1) is 11.4. The van der Waals surface area contributed by atoms with Crippen molar-refractivity contribution in [3.8, 4) is 0 Å². The number of aromatic nitrogens is 1. The van der Waals surface area contributed by atoms with Crippen molar-refractivity contribution < 1.29 is 14.4 Å². The van der Waals surface area contributed by atoms with Crippen LogP contribution in [0.2, 0.25) is 0 Å². The van der Waals surface area contributed by atoms with Crippen LogP contribution in [0.15, 0.2) is 4.52 Å². The molecule has 1 aliphatic rings. The lowest BCUT2D eigenvalue weighted by Crippen LogP contribution is -2.37. The van der Waals surface area contributed by atoms with Gasteiger partial charge in [0.1, 0.15) is 5.76 Å². The van der Waals surface area contributed by atoms with E-state index in [1.165, 1.54) is 0 Å². The molecule has 0 aromatic carbocycles. The summed E-state index contributed by atoms with van der Waals surface area (Å²) in [4.78, 5) is 19.0. The third-order valence-electron chi connectivity index (χ3n) is 5.05. The number of aliphatic hydroxyl groups excluding tert-OH is 1. The molecule has 0 bridgehead atoms. The maximum Gasteiger partial charge on any atom is 0.276 e. The molecule has 7 nitrogen and oxygen atoms in total. The number of rotatable bonds is 7. The Bertz CT molecular complexity index is 554. The van der Waals surface area contributed by atoms with Gasteiger partial charge in [-0.3, -0.25) is 9.69 Å². The largest absolute Gasteiger partial charge is 0.396 e. The van der Waals surface area contributed by atoms with Crippen LogP contribution in [-0.4, -0.2) is 83.8 Å². The van der Waals surface area contributed by atoms with Crippen molar-refractivity contribution in [3.63, 3.8) is 0 Å². The molecule has 2 atom stereocenters. The van der Waals surface area contributed by atoms with E-state index >= 15 is 0 Å². The molecule has 1 aromatic heterocycles. The number of aryl methyl sites for hydroxylation is 1. The molecule has 1 fully saturated rings. The molecule has 0 aliphatic carbocycles. The molecule has 1 amide bonds. The van der Waals surface area contributed by atoms with Crippen molar-refractivity contribution >= 4 is 5.91 Å². The third kappa shape index (κ3) is 3.79. The first kappa shape index (κ1) is 18.9. The van der Waals surface area contributed by atoms with E-state index < -0.39 is 0 Å². The minimum atomic E-state index is -0.100. The lowest BCUT2D eigenvalue weighted by molar-refractivity contribution is 0.0766. The zero-order chi connectivity index (χ0) is 17.9. The summed E-state index contributed by atoms with van der Waals surface area (Å²) in [5, 5.41) is 13.6. The number of hydrogen-bond acceptors (Lipinski definition) is 6. The number of carbonyl (C=O) groups is 1. The standard InChI is InChI=1S/C17H30N4O3/c1-6-20(7-2)9-14-12(3)24-18-16(14)17(23)21-8-13(11-22)15(10-21)19(4)5/h13,15,22H,6-11H2,1-5H3/t13-,15+/m0/s1. The molecule has 0 unspecified atom stereocenters. The Morgan fingerprint density at radius 2 is 2.00 bits per heavy atom. The minimum Gasteiger partial charge on any atom is -0.396 e. The van der Waals surface area contributed by atoms with Gasteiger partial charge in [-0.1, -0.05) is 19.0 Å². The fraction of sp³-hybridized carbons (Fsp3) is 0.765. The van der Waals surface area contributed by atoms with Gasteiger partial charge in [0.05, 0.1) is 0 Å². The van der Waals surface area contributed by atoms with Crippen LogP contribution in [0.3, 0.4) is 0 Å². The molecule has 7 heteroatoms. The Labute approximate surface area is 144 Å². The lowest BCUT2D eigenvalue weighted by atomic mass is 10.0. The molecule has 0 spiro atoms. The monoisotopic (exact) mass is 338 g/mol. The first-order valence-electron chi connectivity index (χ1n) is 8.66. The Kier molecular flexibility index (Phi) is 6.37. The molecule has 24 heavy (non-hydrogen) atoms. The molecule has 2 heterocycles. The predicted molar refractivity (Wildman–Crippen MR) is 91.8 cm³/mol. The molecule has 136 valence electrons. The number of carbonyl (C=O) groups excluding carboxylic acids is 1. The van der Waals surface area contributed by atoms with Gasteiger partial charge in [0.25, 0.3) is 5.91 Å². The average molecular weight is 338 g/mol. The molecule has 2 rings (SSSR count). The number of aliphatic hydroxyl groups is 1. The van der Waals surface area contributed by atoms with E-state index in [1.807, 2.05) is 21.0 Å². The van der Waals surface area contributed by atoms with Crippen LogP contribution in [0.5, 0.6) is 0 Å². The minimum absolute atomic E-state index is 0.0724. The van der Waals surface area contributed by atoms with Gasteiger partial charge < -0.3 is 19.4 Å².